The molecule has 176 valence electrons. The van der Waals surface area contributed by atoms with Gasteiger partial charge in [0.05, 0.1) is 38.6 Å². The summed E-state index contributed by atoms with van der Waals surface area (Å²) < 4.78 is 33.4. The van der Waals surface area contributed by atoms with Crippen LogP contribution in [0.4, 0.5) is 8.78 Å². The highest BCUT2D eigenvalue weighted by molar-refractivity contribution is 5.84. The molecule has 12 heteroatoms. The molecule has 0 bridgehead atoms. The molecule has 0 fully saturated rings. The first-order valence-electron chi connectivity index (χ1n) is 9.37. The number of nitrogens with two attached hydrogens (primary N) is 3. The lowest BCUT2D eigenvalue weighted by molar-refractivity contribution is -0.151. The van der Waals surface area contributed by atoms with E-state index in [1.165, 1.54) is 13.8 Å². The molecule has 1 amide bonds. The number of halogens is 2. The van der Waals surface area contributed by atoms with Crippen molar-refractivity contribution in [3.63, 3.8) is 0 Å². The van der Waals surface area contributed by atoms with Gasteiger partial charge in [0.15, 0.2) is 6.10 Å². The Hall–Kier alpha value is -2.02. The number of rotatable bonds is 16. The second-order valence-electron chi connectivity index (χ2n) is 6.45. The van der Waals surface area contributed by atoms with Crippen molar-refractivity contribution in [3.8, 4) is 0 Å². The standard InChI is InChI=1S/C9H17FN2O3.C9H16FNO4/c1-6(13)7(11)5-8(9(12)14)15-4-2-3-10;1-6(12)7(11)5-8(9(13)14)15-4-2-3-10/h7-8H,2-5,11H2,1H3,(H2,12,14);7-8H,2-5,11H2,1H3,(H,13,14)/i2*10-1. The lowest BCUT2D eigenvalue weighted by Crippen LogP contribution is -2.40. The lowest BCUT2D eigenvalue weighted by Gasteiger charge is -2.16. The molecule has 0 heterocycles. The van der Waals surface area contributed by atoms with Crippen molar-refractivity contribution >= 4 is 23.4 Å². The summed E-state index contributed by atoms with van der Waals surface area (Å²) in [4.78, 5) is 43.2. The zero-order valence-electron chi connectivity index (χ0n) is 17.4. The van der Waals surface area contributed by atoms with Crippen LogP contribution in [-0.4, -0.2) is 79.4 Å². The molecule has 10 nitrogen and oxygen atoms in total. The van der Waals surface area contributed by atoms with E-state index < -0.39 is 49.5 Å². The Bertz CT molecular complexity index is 492. The smallest absolute Gasteiger partial charge is 0.332 e. The Morgan fingerprint density at radius 3 is 1.50 bits per heavy atom. The third-order valence-electron chi connectivity index (χ3n) is 3.77. The topological polar surface area (TPSA) is 185 Å². The quantitative estimate of drug-likeness (QED) is 0.233. The van der Waals surface area contributed by atoms with Crippen LogP contribution in [0, 0.1) is 0 Å². The molecule has 0 aliphatic heterocycles. The second-order valence-corrected chi connectivity index (χ2v) is 6.45. The van der Waals surface area contributed by atoms with Crippen LogP contribution in [0.15, 0.2) is 0 Å². The Morgan fingerprint density at radius 1 is 0.833 bits per heavy atom. The Labute approximate surface area is 174 Å². The van der Waals surface area contributed by atoms with Gasteiger partial charge in [-0.2, -0.15) is 0 Å². The van der Waals surface area contributed by atoms with Gasteiger partial charge in [-0.15, -0.1) is 0 Å². The Balaban J connectivity index is 0. The zero-order chi connectivity index (χ0) is 23.7. The zero-order valence-corrected chi connectivity index (χ0v) is 17.4. The van der Waals surface area contributed by atoms with Crippen LogP contribution in [0.5, 0.6) is 0 Å². The number of Topliss-reactive ketones (excluding diaryl/α,β-unsaturated/α-hetero) is 2. The van der Waals surface area contributed by atoms with Crippen molar-refractivity contribution < 1.29 is 42.5 Å². The van der Waals surface area contributed by atoms with Crippen molar-refractivity contribution in [1.29, 1.82) is 0 Å². The molecule has 0 aromatic rings. The molecule has 30 heavy (non-hydrogen) atoms. The molecule has 0 rings (SSSR count). The highest BCUT2D eigenvalue weighted by Gasteiger charge is 2.23. The van der Waals surface area contributed by atoms with E-state index in [1.807, 2.05) is 0 Å². The summed E-state index contributed by atoms with van der Waals surface area (Å²) in [7, 11) is 0. The maximum atomic E-state index is 11.8. The Morgan fingerprint density at radius 2 is 1.20 bits per heavy atom. The number of ketones is 2. The summed E-state index contributed by atoms with van der Waals surface area (Å²) in [5, 5.41) is 8.72. The number of amides is 1. The minimum absolute atomic E-state index is 0.0120. The third-order valence-corrected chi connectivity index (χ3v) is 3.77. The number of carboxylic acid groups (broad SMARTS) is 1. The van der Waals surface area contributed by atoms with Crippen molar-refractivity contribution in [2.45, 2.75) is 63.8 Å². The average Bonchev–Trinajstić information content (AvgIpc) is 2.66. The number of ether oxygens (including phenoxy) is 2. The summed E-state index contributed by atoms with van der Waals surface area (Å²) in [6.45, 7) is 1.62. The Kier molecular flexibility index (Phi) is 17.9. The van der Waals surface area contributed by atoms with Crippen LogP contribution < -0.4 is 17.2 Å². The summed E-state index contributed by atoms with van der Waals surface area (Å²) in [6, 6.07) is -1.62. The second kappa shape index (κ2) is 17.8. The van der Waals surface area contributed by atoms with Gasteiger partial charge < -0.3 is 31.8 Å². The molecule has 0 aliphatic carbocycles. The van der Waals surface area contributed by atoms with Crippen LogP contribution >= 0.6 is 0 Å². The van der Waals surface area contributed by atoms with Gasteiger partial charge in [-0.25, -0.2) is 4.79 Å². The number of carboxylic acids is 1. The number of aliphatic carboxylic acids is 1. The summed E-state index contributed by atoms with van der Waals surface area (Å²) in [6.07, 6.45) is -1.78. The third kappa shape index (κ3) is 15.9. The molecular weight excluding hydrogens is 406 g/mol. The normalized spacial score (nSPS) is 14.6. The first kappa shape index (κ1) is 30.2. The van der Waals surface area contributed by atoms with E-state index in [0.717, 1.165) is 0 Å². The van der Waals surface area contributed by atoms with E-state index in [0.29, 0.717) is 0 Å². The van der Waals surface area contributed by atoms with Crippen LogP contribution in [0.1, 0.15) is 39.5 Å². The highest BCUT2D eigenvalue weighted by Crippen LogP contribution is 2.05. The first-order chi connectivity index (χ1) is 14.0. The van der Waals surface area contributed by atoms with Gasteiger partial charge in [-0.1, -0.05) is 0 Å². The summed E-state index contributed by atoms with van der Waals surface area (Å²) in [5.74, 6) is -2.42. The fourth-order valence-corrected chi connectivity index (χ4v) is 1.86. The fraction of sp³-hybridized carbons (Fsp3) is 0.778. The molecule has 0 saturated heterocycles. The lowest BCUT2D eigenvalue weighted by atomic mass is 10.1. The predicted molar refractivity (Wildman–Crippen MR) is 104 cm³/mol. The highest BCUT2D eigenvalue weighted by atomic mass is 18.2. The maximum absolute atomic E-state index is 11.8. The summed E-state index contributed by atoms with van der Waals surface area (Å²) in [5.41, 5.74) is 15.9. The molecule has 0 aromatic carbocycles. The van der Waals surface area contributed by atoms with E-state index in [2.05, 4.69) is 0 Å². The van der Waals surface area contributed by atoms with Gasteiger partial charge in [0.25, 0.3) is 0 Å². The van der Waals surface area contributed by atoms with Crippen LogP contribution in [0.2, 0.25) is 0 Å². The number of alkyl halides is 2. The average molecular weight is 439 g/mol. The summed E-state index contributed by atoms with van der Waals surface area (Å²) >= 11 is 0. The minimum Gasteiger partial charge on any atom is -0.479 e. The van der Waals surface area contributed by atoms with Gasteiger partial charge in [0.2, 0.25) is 5.91 Å². The van der Waals surface area contributed by atoms with Crippen molar-refractivity contribution in [2.24, 2.45) is 17.2 Å². The van der Waals surface area contributed by atoms with E-state index in [-0.39, 0.29) is 50.5 Å². The molecule has 4 unspecified atom stereocenters. The van der Waals surface area contributed by atoms with Gasteiger partial charge in [-0.05, 0) is 26.7 Å². The van der Waals surface area contributed by atoms with Crippen LogP contribution in [-0.2, 0) is 28.7 Å². The van der Waals surface area contributed by atoms with E-state index in [4.69, 9.17) is 31.8 Å². The van der Waals surface area contributed by atoms with Gasteiger partial charge in [0, 0.05) is 12.8 Å². The van der Waals surface area contributed by atoms with Gasteiger partial charge in [-0.3, -0.25) is 23.2 Å². The van der Waals surface area contributed by atoms with E-state index in [9.17, 15) is 28.0 Å². The van der Waals surface area contributed by atoms with E-state index >= 15 is 0 Å². The maximum Gasteiger partial charge on any atom is 0.332 e. The molecule has 7 N–H and O–H groups in total. The monoisotopic (exact) mass is 439 g/mol. The van der Waals surface area contributed by atoms with Crippen LogP contribution in [0.25, 0.3) is 0 Å². The van der Waals surface area contributed by atoms with Crippen molar-refractivity contribution in [1.82, 2.24) is 0 Å². The first-order valence-corrected chi connectivity index (χ1v) is 9.37. The molecule has 0 spiro atoms. The number of carbonyl (C=O) groups excluding carboxylic acids is 3. The van der Waals surface area contributed by atoms with Gasteiger partial charge >= 0.3 is 5.97 Å². The van der Waals surface area contributed by atoms with E-state index in [1.54, 1.807) is 0 Å². The predicted octanol–water partition coefficient (Wildman–Crippen LogP) is -0.355. The SMILES string of the molecule is CC(=O)C(N)CC(OCCC[18F])C(=O)O.CC(=O)C(N)CC(OCCC[18F])C(N)=O. The van der Waals surface area contributed by atoms with Gasteiger partial charge in [0.1, 0.15) is 17.7 Å². The molecule has 0 radical (unpaired) electrons. The number of hydrogen-bond acceptors (Lipinski definition) is 8. The molecular formula is C18H33F2N3O7. The largest absolute Gasteiger partial charge is 0.479 e. The molecule has 4 atom stereocenters. The number of hydrogen-bond donors (Lipinski definition) is 4. The number of primary amides is 1. The number of carbonyl (C=O) groups is 4. The van der Waals surface area contributed by atoms with Crippen molar-refractivity contribution in [3.05, 3.63) is 0 Å². The van der Waals surface area contributed by atoms with Crippen molar-refractivity contribution in [2.75, 3.05) is 26.6 Å². The molecule has 0 aliphatic rings. The molecule has 0 saturated carbocycles. The van der Waals surface area contributed by atoms with Crippen LogP contribution in [0.3, 0.4) is 0 Å². The minimum atomic E-state index is -1.19. The fourth-order valence-electron chi connectivity index (χ4n) is 1.86. The molecule has 0 aromatic heterocycles.